The molecule has 6 rings (SSSR count). The van der Waals surface area contributed by atoms with Crippen molar-refractivity contribution in [3.05, 3.63) is 39.7 Å². The summed E-state index contributed by atoms with van der Waals surface area (Å²) in [6.45, 7) is 0.537. The number of phenols is 1. The second kappa shape index (κ2) is 9.04. The van der Waals surface area contributed by atoms with Crippen LogP contribution in [0.4, 0.5) is 0 Å². The van der Waals surface area contributed by atoms with Crippen molar-refractivity contribution >= 4 is 23.2 Å². The lowest BCUT2D eigenvalue weighted by atomic mass is 9.57. The summed E-state index contributed by atoms with van der Waals surface area (Å²) in [5, 5.41) is 45.3. The Hall–Kier alpha value is -3.41. The summed E-state index contributed by atoms with van der Waals surface area (Å²) >= 11 is 0. The number of hydrogen-bond acceptors (Lipinski definition) is 10. The Morgan fingerprint density at radius 1 is 1.15 bits per heavy atom. The van der Waals surface area contributed by atoms with Gasteiger partial charge in [0, 0.05) is 34.7 Å². The molecule has 1 amide bonds. The average Bonchev–Trinajstić information content (AvgIpc) is 3.79. The lowest BCUT2D eigenvalue weighted by molar-refractivity contribution is -0.153. The summed E-state index contributed by atoms with van der Waals surface area (Å²) in [5.74, 6) is -5.49. The molecule has 1 aromatic carbocycles. The molecular weight excluding hydrogens is 530 g/mol. The molecule has 4 atom stereocenters. The third-order valence-corrected chi connectivity index (χ3v) is 10.2. The van der Waals surface area contributed by atoms with Crippen molar-refractivity contribution in [2.45, 2.75) is 62.3 Å². The molecule has 0 saturated heterocycles. The van der Waals surface area contributed by atoms with Crippen LogP contribution < -0.4 is 10.5 Å². The molecule has 5 aliphatic carbocycles. The van der Waals surface area contributed by atoms with E-state index in [4.69, 9.17) is 10.5 Å². The minimum absolute atomic E-state index is 0.0323. The summed E-state index contributed by atoms with van der Waals surface area (Å²) < 4.78 is 5.86. The predicted octanol–water partition coefficient (Wildman–Crippen LogP) is 1.35. The number of aliphatic hydroxyl groups is 3. The van der Waals surface area contributed by atoms with Gasteiger partial charge in [0.25, 0.3) is 5.91 Å². The van der Waals surface area contributed by atoms with Gasteiger partial charge in [-0.05, 0) is 77.6 Å². The topological polar surface area (TPSA) is 174 Å². The number of nitrogens with two attached hydrogens (primary N) is 1. The monoisotopic (exact) mass is 567 g/mol. The lowest BCUT2D eigenvalue weighted by Crippen LogP contribution is -2.65. The molecule has 0 heterocycles. The zero-order chi connectivity index (χ0) is 29.8. The van der Waals surface area contributed by atoms with Gasteiger partial charge in [0.15, 0.2) is 11.4 Å². The molecule has 220 valence electrons. The first-order valence-corrected chi connectivity index (χ1v) is 14.1. The van der Waals surface area contributed by atoms with Crippen LogP contribution in [0.15, 0.2) is 23.0 Å². The Bertz CT molecular complexity index is 1450. The van der Waals surface area contributed by atoms with Gasteiger partial charge in [-0.25, -0.2) is 0 Å². The molecule has 6 N–H and O–H groups in total. The van der Waals surface area contributed by atoms with Gasteiger partial charge in [-0.1, -0.05) is 0 Å². The zero-order valence-corrected chi connectivity index (χ0v) is 23.7. The average molecular weight is 568 g/mol. The van der Waals surface area contributed by atoms with Crippen molar-refractivity contribution in [1.29, 1.82) is 0 Å². The molecule has 41 heavy (non-hydrogen) atoms. The Morgan fingerprint density at radius 2 is 1.80 bits per heavy atom. The number of aromatic hydroxyl groups is 1. The van der Waals surface area contributed by atoms with Crippen molar-refractivity contribution in [3.63, 3.8) is 0 Å². The highest BCUT2D eigenvalue weighted by Crippen LogP contribution is 2.58. The van der Waals surface area contributed by atoms with Crippen molar-refractivity contribution in [2.24, 2.45) is 23.5 Å². The van der Waals surface area contributed by atoms with Crippen LogP contribution in [0.2, 0.25) is 0 Å². The highest BCUT2D eigenvalue weighted by molar-refractivity contribution is 6.24. The van der Waals surface area contributed by atoms with E-state index in [1.54, 1.807) is 20.2 Å². The van der Waals surface area contributed by atoms with Crippen LogP contribution in [0.25, 0.3) is 5.76 Å². The number of nitrogens with zero attached hydrogens (tertiary/aromatic N) is 2. The van der Waals surface area contributed by atoms with Gasteiger partial charge in [-0.2, -0.15) is 0 Å². The molecule has 0 radical (unpaired) electrons. The van der Waals surface area contributed by atoms with E-state index in [0.29, 0.717) is 23.8 Å². The number of Topliss-reactive ketones (excluding diaryl/α,β-unsaturated/α-hetero) is 2. The maximum absolute atomic E-state index is 14.0. The minimum Gasteiger partial charge on any atom is -0.508 e. The molecule has 0 unspecified atom stereocenters. The Kier molecular flexibility index (Phi) is 6.12. The highest BCUT2D eigenvalue weighted by Gasteiger charge is 2.64. The fraction of sp³-hybridized carbons (Fsp3) is 0.567. The van der Waals surface area contributed by atoms with Crippen molar-refractivity contribution in [2.75, 3.05) is 28.3 Å². The first-order chi connectivity index (χ1) is 19.3. The number of methoxy groups -OCH3 is 1. The molecule has 5 aliphatic rings. The fourth-order valence-electron chi connectivity index (χ4n) is 7.99. The Balaban J connectivity index is 1.46. The Morgan fingerprint density at radius 3 is 2.34 bits per heavy atom. The van der Waals surface area contributed by atoms with Crippen molar-refractivity contribution in [1.82, 2.24) is 9.80 Å². The van der Waals surface area contributed by atoms with Gasteiger partial charge >= 0.3 is 0 Å². The second-order valence-electron chi connectivity index (χ2n) is 12.6. The van der Waals surface area contributed by atoms with Crippen molar-refractivity contribution in [3.8, 4) is 11.5 Å². The third kappa shape index (κ3) is 3.71. The van der Waals surface area contributed by atoms with Crippen LogP contribution in [0.1, 0.15) is 48.8 Å². The number of ether oxygens (including phenoxy) is 1. The van der Waals surface area contributed by atoms with E-state index in [0.717, 1.165) is 18.4 Å². The first kappa shape index (κ1) is 27.7. The number of aliphatic hydroxyl groups excluding tert-OH is 2. The molecule has 0 aromatic heterocycles. The summed E-state index contributed by atoms with van der Waals surface area (Å²) in [5.41, 5.74) is 3.23. The van der Waals surface area contributed by atoms with Crippen LogP contribution >= 0.6 is 0 Å². The van der Waals surface area contributed by atoms with Gasteiger partial charge in [-0.15, -0.1) is 0 Å². The van der Waals surface area contributed by atoms with Crippen LogP contribution in [0.3, 0.4) is 0 Å². The number of amides is 1. The van der Waals surface area contributed by atoms with Crippen molar-refractivity contribution < 1.29 is 39.5 Å². The van der Waals surface area contributed by atoms with Gasteiger partial charge in [-0.3, -0.25) is 24.2 Å². The lowest BCUT2D eigenvalue weighted by Gasteiger charge is -2.50. The van der Waals surface area contributed by atoms with Crippen LogP contribution in [0, 0.1) is 17.8 Å². The van der Waals surface area contributed by atoms with Crippen LogP contribution in [0.5, 0.6) is 11.5 Å². The van der Waals surface area contributed by atoms with E-state index in [-0.39, 0.29) is 35.3 Å². The van der Waals surface area contributed by atoms with Crippen LogP contribution in [-0.2, 0) is 27.3 Å². The van der Waals surface area contributed by atoms with E-state index in [1.165, 1.54) is 24.9 Å². The number of carbonyl (C=O) groups excluding carboxylic acids is 3. The van der Waals surface area contributed by atoms with E-state index in [1.807, 2.05) is 0 Å². The smallest absolute Gasteiger partial charge is 0.255 e. The number of primary amides is 1. The summed E-state index contributed by atoms with van der Waals surface area (Å²) in [6.07, 6.45) is 4.95. The quantitative estimate of drug-likeness (QED) is 0.303. The normalized spacial score (nSPS) is 30.4. The minimum atomic E-state index is -2.66. The molecular formula is C30H37N3O8. The number of carbonyl (C=O) groups is 3. The van der Waals surface area contributed by atoms with E-state index >= 15 is 0 Å². The molecule has 0 aliphatic heterocycles. The largest absolute Gasteiger partial charge is 0.508 e. The highest BCUT2D eigenvalue weighted by atomic mass is 16.5. The molecule has 0 bridgehead atoms. The maximum atomic E-state index is 14.0. The standard InChI is InChI=1S/C30H37N3O8/c1-32(2)22-17-10-13-9-16-20(23(35)19(13)26(37)30(17,40)27(38)21(24(22)36)28(31)39)18(34)11-14(25(16)41-4)12-33(3)29(7-8-29)15-5-6-15/h11,13,15,17,22,34-35,38,40H,5-10,12H2,1-4H3,(H2,31,39)/t13-,17-,22-,30-/m0/s1. The number of fused-ring (bicyclic) bond motifs is 3. The zero-order valence-electron chi connectivity index (χ0n) is 23.7. The molecule has 3 saturated carbocycles. The van der Waals surface area contributed by atoms with Gasteiger partial charge in [0.05, 0.1) is 18.7 Å². The van der Waals surface area contributed by atoms with E-state index in [9.17, 15) is 34.8 Å². The van der Waals surface area contributed by atoms with Crippen LogP contribution in [-0.4, -0.2) is 93.1 Å². The van der Waals surface area contributed by atoms with E-state index in [2.05, 4.69) is 11.9 Å². The number of likely N-dealkylation sites (N-methyl/N-ethyl adjacent to an activating group) is 1. The SMILES string of the molecule is COc1c(CN(C)C2(C3CC3)CC2)cc(O)c2c1C[C@H]1C[C@H]3[C@H](N(C)C)C(=O)C(C(N)=O)=C(O)[C@@]3(O)C(=O)C1=C2O. The molecule has 3 fully saturated rings. The molecule has 11 nitrogen and oxygen atoms in total. The van der Waals surface area contributed by atoms with Gasteiger partial charge < -0.3 is 30.9 Å². The number of ketones is 2. The maximum Gasteiger partial charge on any atom is 0.255 e. The third-order valence-electron chi connectivity index (χ3n) is 10.2. The second-order valence-corrected chi connectivity index (χ2v) is 12.6. The number of phenolic OH excluding ortho intramolecular Hbond substituents is 1. The molecule has 0 spiro atoms. The fourth-order valence-corrected chi connectivity index (χ4v) is 7.99. The number of hydrogen-bond donors (Lipinski definition) is 5. The van der Waals surface area contributed by atoms with Gasteiger partial charge in [0.2, 0.25) is 5.78 Å². The Labute approximate surface area is 237 Å². The summed E-state index contributed by atoms with van der Waals surface area (Å²) in [6, 6.07) is 0.420. The summed E-state index contributed by atoms with van der Waals surface area (Å²) in [7, 11) is 6.76. The number of benzene rings is 1. The predicted molar refractivity (Wildman–Crippen MR) is 147 cm³/mol. The van der Waals surface area contributed by atoms with E-state index < -0.39 is 58.0 Å². The number of rotatable bonds is 7. The summed E-state index contributed by atoms with van der Waals surface area (Å²) in [4.78, 5) is 43.2. The molecule has 1 aromatic rings. The first-order valence-electron chi connectivity index (χ1n) is 14.1. The molecule has 11 heteroatoms. The van der Waals surface area contributed by atoms with Gasteiger partial charge in [0.1, 0.15) is 28.6 Å².